The monoisotopic (exact) mass is 339 g/mol. The molecule has 2 aliphatic rings. The predicted octanol–water partition coefficient (Wildman–Crippen LogP) is 2.49. The molecule has 1 amide bonds. The second kappa shape index (κ2) is 5.53. The third kappa shape index (κ3) is 2.53. The molecule has 0 aliphatic carbocycles. The topological polar surface area (TPSA) is 37.3 Å². The van der Waals surface area contributed by atoms with Gasteiger partial charge in [0.15, 0.2) is 0 Å². The molecule has 2 saturated heterocycles. The maximum atomic E-state index is 12.7. The fourth-order valence-corrected chi connectivity index (χ4v) is 3.95. The number of amides is 1. The Kier molecular flexibility index (Phi) is 3.91. The van der Waals surface area contributed by atoms with Crippen LogP contribution >= 0.6 is 15.9 Å². The van der Waals surface area contributed by atoms with Gasteiger partial charge in [-0.15, -0.1) is 0 Å². The zero-order valence-corrected chi connectivity index (χ0v) is 13.6. The van der Waals surface area contributed by atoms with Crippen LogP contribution in [0.2, 0.25) is 0 Å². The number of carbonyl (C=O) groups excluding carboxylic acids is 1. The number of halogens is 1. The molecule has 0 radical (unpaired) electrons. The Morgan fingerprint density at radius 3 is 2.75 bits per heavy atom. The van der Waals surface area contributed by atoms with Crippen molar-refractivity contribution in [1.29, 1.82) is 0 Å². The predicted molar refractivity (Wildman–Crippen MR) is 82.9 cm³/mol. The maximum Gasteiger partial charge on any atom is 0.270 e. The van der Waals surface area contributed by atoms with Crippen molar-refractivity contribution in [2.24, 2.45) is 5.41 Å². The molecule has 5 heteroatoms. The van der Waals surface area contributed by atoms with Gasteiger partial charge in [0.05, 0.1) is 0 Å². The van der Waals surface area contributed by atoms with Gasteiger partial charge >= 0.3 is 0 Å². The quantitative estimate of drug-likeness (QED) is 0.898. The molecule has 1 aromatic rings. The van der Waals surface area contributed by atoms with Crippen molar-refractivity contribution in [1.82, 2.24) is 14.8 Å². The van der Waals surface area contributed by atoms with E-state index in [4.69, 9.17) is 0 Å². The average molecular weight is 340 g/mol. The molecule has 4 nitrogen and oxygen atoms in total. The van der Waals surface area contributed by atoms with Gasteiger partial charge in [-0.2, -0.15) is 0 Å². The standard InChI is InChI=1S/C15H22BrN3O/c1-2-18-10-12(16)9-13(18)14(20)19-7-4-15(5-8-19)3-6-17-11-15/h9-10,17H,2-8,11H2,1H3. The van der Waals surface area contributed by atoms with Crippen LogP contribution in [-0.4, -0.2) is 41.6 Å². The highest BCUT2D eigenvalue weighted by Crippen LogP contribution is 2.37. The highest BCUT2D eigenvalue weighted by atomic mass is 79.9. The number of likely N-dealkylation sites (tertiary alicyclic amines) is 1. The maximum absolute atomic E-state index is 12.7. The average Bonchev–Trinajstić information content (AvgIpc) is 3.06. The number of piperidine rings is 1. The lowest BCUT2D eigenvalue weighted by atomic mass is 9.78. The number of aromatic nitrogens is 1. The van der Waals surface area contributed by atoms with Gasteiger partial charge in [-0.1, -0.05) is 0 Å². The Bertz CT molecular complexity index is 495. The molecule has 0 saturated carbocycles. The fraction of sp³-hybridized carbons (Fsp3) is 0.667. The minimum absolute atomic E-state index is 0.179. The van der Waals surface area contributed by atoms with Gasteiger partial charge < -0.3 is 14.8 Å². The summed E-state index contributed by atoms with van der Waals surface area (Å²) in [5, 5.41) is 3.47. The first-order valence-corrected chi connectivity index (χ1v) is 8.28. The number of nitrogens with zero attached hydrogens (tertiary/aromatic N) is 2. The summed E-state index contributed by atoms with van der Waals surface area (Å²) in [7, 11) is 0. The van der Waals surface area contributed by atoms with E-state index in [1.54, 1.807) is 0 Å². The molecule has 1 spiro atoms. The highest BCUT2D eigenvalue weighted by Gasteiger charge is 2.38. The van der Waals surface area contributed by atoms with Crippen molar-refractivity contribution in [3.63, 3.8) is 0 Å². The number of carbonyl (C=O) groups is 1. The normalized spacial score (nSPS) is 21.6. The summed E-state index contributed by atoms with van der Waals surface area (Å²) in [4.78, 5) is 14.7. The van der Waals surface area contributed by atoms with Crippen molar-refractivity contribution in [3.05, 3.63) is 22.4 Å². The SMILES string of the molecule is CCn1cc(Br)cc1C(=O)N1CCC2(CCNC2)CC1. The number of aryl methyl sites for hydroxylation is 1. The van der Waals surface area contributed by atoms with Gasteiger partial charge in [-0.25, -0.2) is 0 Å². The van der Waals surface area contributed by atoms with Crippen LogP contribution in [-0.2, 0) is 6.54 Å². The number of nitrogens with one attached hydrogen (secondary N) is 1. The highest BCUT2D eigenvalue weighted by molar-refractivity contribution is 9.10. The third-order valence-electron chi connectivity index (χ3n) is 4.87. The lowest BCUT2D eigenvalue weighted by molar-refractivity contribution is 0.0597. The van der Waals surface area contributed by atoms with Crippen molar-refractivity contribution < 1.29 is 4.79 Å². The Hall–Kier alpha value is -0.810. The van der Waals surface area contributed by atoms with Gasteiger partial charge in [0.1, 0.15) is 5.69 Å². The van der Waals surface area contributed by atoms with E-state index in [0.717, 1.165) is 55.7 Å². The molecule has 110 valence electrons. The summed E-state index contributed by atoms with van der Waals surface area (Å²) < 4.78 is 3.00. The van der Waals surface area contributed by atoms with Crippen LogP contribution in [0.25, 0.3) is 0 Å². The minimum Gasteiger partial charge on any atom is -0.343 e. The minimum atomic E-state index is 0.179. The molecular weight excluding hydrogens is 318 g/mol. The summed E-state index contributed by atoms with van der Waals surface area (Å²) in [5.41, 5.74) is 1.27. The van der Waals surface area contributed by atoms with Crippen LogP contribution in [0.4, 0.5) is 0 Å². The second-order valence-corrected chi connectivity index (χ2v) is 6.96. The molecule has 0 aromatic carbocycles. The Morgan fingerprint density at radius 2 is 2.15 bits per heavy atom. The molecule has 0 bridgehead atoms. The van der Waals surface area contributed by atoms with E-state index in [1.807, 2.05) is 21.7 Å². The molecule has 0 unspecified atom stereocenters. The first kappa shape index (κ1) is 14.1. The first-order valence-electron chi connectivity index (χ1n) is 7.49. The van der Waals surface area contributed by atoms with E-state index in [-0.39, 0.29) is 5.91 Å². The van der Waals surface area contributed by atoms with Gasteiger partial charge in [-0.05, 0) is 60.1 Å². The summed E-state index contributed by atoms with van der Waals surface area (Å²) in [6.45, 7) is 6.96. The smallest absolute Gasteiger partial charge is 0.270 e. The van der Waals surface area contributed by atoms with Crippen molar-refractivity contribution in [2.45, 2.75) is 32.7 Å². The van der Waals surface area contributed by atoms with Gasteiger partial charge in [-0.3, -0.25) is 4.79 Å². The largest absolute Gasteiger partial charge is 0.343 e. The number of hydrogen-bond donors (Lipinski definition) is 1. The van der Waals surface area contributed by atoms with E-state index in [1.165, 1.54) is 6.42 Å². The van der Waals surface area contributed by atoms with Crippen molar-refractivity contribution >= 4 is 21.8 Å². The lowest BCUT2D eigenvalue weighted by Gasteiger charge is -2.38. The molecular formula is C15H22BrN3O. The van der Waals surface area contributed by atoms with Gasteiger partial charge in [0.25, 0.3) is 5.91 Å². The van der Waals surface area contributed by atoms with Crippen LogP contribution in [0.15, 0.2) is 16.7 Å². The Labute approximate surface area is 128 Å². The fourth-order valence-electron chi connectivity index (χ4n) is 3.48. The molecule has 20 heavy (non-hydrogen) atoms. The van der Waals surface area contributed by atoms with Crippen LogP contribution in [0.5, 0.6) is 0 Å². The molecule has 1 N–H and O–H groups in total. The second-order valence-electron chi connectivity index (χ2n) is 6.05. The molecule has 1 aromatic heterocycles. The van der Waals surface area contributed by atoms with Crippen LogP contribution in [0, 0.1) is 5.41 Å². The number of rotatable bonds is 2. The lowest BCUT2D eigenvalue weighted by Crippen LogP contribution is -2.44. The van der Waals surface area contributed by atoms with Crippen LogP contribution < -0.4 is 5.32 Å². The van der Waals surface area contributed by atoms with Gasteiger partial charge in [0.2, 0.25) is 0 Å². The van der Waals surface area contributed by atoms with E-state index >= 15 is 0 Å². The summed E-state index contributed by atoms with van der Waals surface area (Å²) in [6, 6.07) is 1.94. The Morgan fingerprint density at radius 1 is 1.40 bits per heavy atom. The molecule has 0 atom stereocenters. The van der Waals surface area contributed by atoms with Crippen molar-refractivity contribution in [3.8, 4) is 0 Å². The zero-order chi connectivity index (χ0) is 14.2. The van der Waals surface area contributed by atoms with E-state index in [2.05, 4.69) is 28.2 Å². The zero-order valence-electron chi connectivity index (χ0n) is 12.0. The van der Waals surface area contributed by atoms with Crippen molar-refractivity contribution in [2.75, 3.05) is 26.2 Å². The summed E-state index contributed by atoms with van der Waals surface area (Å²) >= 11 is 3.47. The van der Waals surface area contributed by atoms with Crippen LogP contribution in [0.1, 0.15) is 36.7 Å². The molecule has 3 heterocycles. The van der Waals surface area contributed by atoms with E-state index < -0.39 is 0 Å². The molecule has 2 aliphatic heterocycles. The molecule has 3 rings (SSSR count). The van der Waals surface area contributed by atoms with E-state index in [0.29, 0.717) is 5.41 Å². The van der Waals surface area contributed by atoms with E-state index in [9.17, 15) is 4.79 Å². The summed E-state index contributed by atoms with van der Waals surface area (Å²) in [6.07, 6.45) is 5.53. The van der Waals surface area contributed by atoms with Crippen LogP contribution in [0.3, 0.4) is 0 Å². The van der Waals surface area contributed by atoms with Gasteiger partial charge in [0, 0.05) is 36.8 Å². The summed E-state index contributed by atoms with van der Waals surface area (Å²) in [5.74, 6) is 0.179. The Balaban J connectivity index is 1.69. The molecule has 2 fully saturated rings. The third-order valence-corrected chi connectivity index (χ3v) is 5.30. The first-order chi connectivity index (χ1) is 9.63. The number of hydrogen-bond acceptors (Lipinski definition) is 2.